The number of methoxy groups -OCH3 is 1. The van der Waals surface area contributed by atoms with E-state index in [0.29, 0.717) is 6.61 Å². The molecule has 3 aromatic rings. The summed E-state index contributed by atoms with van der Waals surface area (Å²) in [5.41, 5.74) is 4.79. The van der Waals surface area contributed by atoms with Crippen molar-refractivity contribution < 1.29 is 9.47 Å². The fourth-order valence-corrected chi connectivity index (χ4v) is 2.35. The lowest BCUT2D eigenvalue weighted by Crippen LogP contribution is -2.01. The topological polar surface area (TPSA) is 44.2 Å². The molecule has 1 aromatic carbocycles. The molecule has 0 radical (unpaired) electrons. The summed E-state index contributed by atoms with van der Waals surface area (Å²) in [7, 11) is 1.66. The molecule has 0 amide bonds. The minimum absolute atomic E-state index is 0.411. The van der Waals surface area contributed by atoms with Crippen LogP contribution in [0.2, 0.25) is 0 Å². The van der Waals surface area contributed by atoms with E-state index >= 15 is 0 Å². The quantitative estimate of drug-likeness (QED) is 0.701. The van der Waals surface area contributed by atoms with E-state index in [2.05, 4.69) is 9.97 Å². The minimum atomic E-state index is 0.411. The maximum Gasteiger partial charge on any atom is 0.146 e. The van der Waals surface area contributed by atoms with E-state index in [-0.39, 0.29) is 0 Å². The number of pyridine rings is 2. The van der Waals surface area contributed by atoms with Crippen molar-refractivity contribution >= 4 is 0 Å². The monoisotopic (exact) mass is 320 g/mol. The number of aromatic nitrogens is 2. The Kier molecular flexibility index (Phi) is 4.75. The molecule has 2 heterocycles. The fraction of sp³-hybridized carbons (Fsp3) is 0.200. The summed E-state index contributed by atoms with van der Waals surface area (Å²) in [5.74, 6) is 1.56. The largest absolute Gasteiger partial charge is 0.497 e. The van der Waals surface area contributed by atoms with Gasteiger partial charge in [0, 0.05) is 17.5 Å². The summed E-state index contributed by atoms with van der Waals surface area (Å²) in [6.07, 6.45) is 1.84. The second-order valence-electron chi connectivity index (χ2n) is 5.64. The second kappa shape index (κ2) is 7.13. The molecule has 0 saturated carbocycles. The number of hydrogen-bond donors (Lipinski definition) is 0. The van der Waals surface area contributed by atoms with Crippen LogP contribution in [0.1, 0.15) is 17.0 Å². The maximum atomic E-state index is 5.97. The van der Waals surface area contributed by atoms with Gasteiger partial charge in [-0.25, -0.2) is 4.98 Å². The Hall–Kier alpha value is -2.88. The van der Waals surface area contributed by atoms with Crippen molar-refractivity contribution in [3.63, 3.8) is 0 Å². The van der Waals surface area contributed by atoms with Gasteiger partial charge >= 0.3 is 0 Å². The van der Waals surface area contributed by atoms with Crippen LogP contribution < -0.4 is 9.47 Å². The van der Waals surface area contributed by atoms with Gasteiger partial charge < -0.3 is 9.47 Å². The molecule has 122 valence electrons. The third-order valence-electron chi connectivity index (χ3n) is 3.71. The fourth-order valence-electron chi connectivity index (χ4n) is 2.35. The highest BCUT2D eigenvalue weighted by Gasteiger charge is 2.10. The summed E-state index contributed by atoms with van der Waals surface area (Å²) in [4.78, 5) is 9.01. The highest BCUT2D eigenvalue weighted by atomic mass is 16.5. The zero-order chi connectivity index (χ0) is 16.9. The van der Waals surface area contributed by atoms with Gasteiger partial charge in [-0.1, -0.05) is 6.07 Å². The summed E-state index contributed by atoms with van der Waals surface area (Å²) < 4.78 is 11.2. The van der Waals surface area contributed by atoms with Gasteiger partial charge in [0.1, 0.15) is 23.8 Å². The van der Waals surface area contributed by atoms with Crippen LogP contribution >= 0.6 is 0 Å². The first-order valence-corrected chi connectivity index (χ1v) is 7.82. The highest BCUT2D eigenvalue weighted by Crippen LogP contribution is 2.30. The van der Waals surface area contributed by atoms with Gasteiger partial charge in [-0.2, -0.15) is 0 Å². The zero-order valence-electron chi connectivity index (χ0n) is 14.1. The first-order chi connectivity index (χ1) is 11.7. The number of hydrogen-bond acceptors (Lipinski definition) is 4. The van der Waals surface area contributed by atoms with E-state index in [9.17, 15) is 0 Å². The van der Waals surface area contributed by atoms with Crippen LogP contribution in [-0.2, 0) is 6.61 Å². The molecular formula is C20H20N2O2. The predicted molar refractivity (Wildman–Crippen MR) is 94.3 cm³/mol. The van der Waals surface area contributed by atoms with Crippen molar-refractivity contribution in [3.05, 3.63) is 71.7 Å². The van der Waals surface area contributed by atoms with Gasteiger partial charge in [0.05, 0.1) is 12.8 Å². The molecule has 4 heteroatoms. The van der Waals surface area contributed by atoms with Crippen LogP contribution in [0.5, 0.6) is 11.5 Å². The average molecular weight is 320 g/mol. The van der Waals surface area contributed by atoms with E-state index in [1.54, 1.807) is 7.11 Å². The van der Waals surface area contributed by atoms with Crippen molar-refractivity contribution in [2.75, 3.05) is 7.11 Å². The van der Waals surface area contributed by atoms with Crippen LogP contribution in [-0.4, -0.2) is 17.1 Å². The Balaban J connectivity index is 1.85. The van der Waals surface area contributed by atoms with Crippen molar-refractivity contribution in [2.45, 2.75) is 20.5 Å². The summed E-state index contributed by atoms with van der Waals surface area (Å²) >= 11 is 0. The molecule has 0 bridgehead atoms. The van der Waals surface area contributed by atoms with Crippen LogP contribution in [0, 0.1) is 13.8 Å². The van der Waals surface area contributed by atoms with Crippen molar-refractivity contribution in [1.29, 1.82) is 0 Å². The molecular weight excluding hydrogens is 300 g/mol. The number of benzene rings is 1. The van der Waals surface area contributed by atoms with Gasteiger partial charge in [-0.05, 0) is 61.9 Å². The SMILES string of the molecule is COc1ccc(-c2nc(C)ccc2OCc2ccc(C)cn2)cc1. The molecule has 3 rings (SSSR count). The molecule has 4 nitrogen and oxygen atoms in total. The predicted octanol–water partition coefficient (Wildman–Crippen LogP) is 4.35. The van der Waals surface area contributed by atoms with Crippen molar-refractivity contribution in [1.82, 2.24) is 9.97 Å². The van der Waals surface area contributed by atoms with Crippen LogP contribution in [0.4, 0.5) is 0 Å². The Bertz CT molecular complexity index is 812. The van der Waals surface area contributed by atoms with E-state index < -0.39 is 0 Å². The summed E-state index contributed by atoms with van der Waals surface area (Å²) in [6, 6.07) is 15.7. The van der Waals surface area contributed by atoms with Crippen molar-refractivity contribution in [3.8, 4) is 22.8 Å². The molecule has 0 saturated heterocycles. The third kappa shape index (κ3) is 3.71. The zero-order valence-corrected chi connectivity index (χ0v) is 14.1. The van der Waals surface area contributed by atoms with Crippen LogP contribution in [0.3, 0.4) is 0 Å². The van der Waals surface area contributed by atoms with Crippen LogP contribution in [0.15, 0.2) is 54.7 Å². The van der Waals surface area contributed by atoms with Gasteiger partial charge in [-0.3, -0.25) is 4.98 Å². The smallest absolute Gasteiger partial charge is 0.146 e. The first-order valence-electron chi connectivity index (χ1n) is 7.82. The molecule has 24 heavy (non-hydrogen) atoms. The lowest BCUT2D eigenvalue weighted by atomic mass is 10.1. The molecule has 0 N–H and O–H groups in total. The van der Waals surface area contributed by atoms with E-state index in [1.165, 1.54) is 0 Å². The second-order valence-corrected chi connectivity index (χ2v) is 5.64. The summed E-state index contributed by atoms with van der Waals surface area (Å²) in [5, 5.41) is 0. The molecule has 0 aliphatic heterocycles. The number of ether oxygens (including phenoxy) is 2. The normalized spacial score (nSPS) is 10.5. The van der Waals surface area contributed by atoms with Gasteiger partial charge in [-0.15, -0.1) is 0 Å². The molecule has 0 spiro atoms. The standard InChI is InChI=1S/C20H20N2O2/c1-14-4-8-17(21-12-14)13-24-19-11-5-15(2)22-20(19)16-6-9-18(23-3)10-7-16/h4-12H,13H2,1-3H3. The maximum absolute atomic E-state index is 5.97. The van der Waals surface area contributed by atoms with E-state index in [1.807, 2.05) is 68.6 Å². The Morgan fingerprint density at radius 2 is 1.71 bits per heavy atom. The molecule has 0 fully saturated rings. The molecule has 0 atom stereocenters. The molecule has 0 unspecified atom stereocenters. The average Bonchev–Trinajstić information content (AvgIpc) is 2.62. The Labute approximate surface area is 142 Å². The Morgan fingerprint density at radius 1 is 0.917 bits per heavy atom. The number of aryl methyl sites for hydroxylation is 2. The van der Waals surface area contributed by atoms with E-state index in [0.717, 1.165) is 39.7 Å². The highest BCUT2D eigenvalue weighted by molar-refractivity contribution is 5.67. The minimum Gasteiger partial charge on any atom is -0.497 e. The third-order valence-corrected chi connectivity index (χ3v) is 3.71. The number of rotatable bonds is 5. The summed E-state index contributed by atoms with van der Waals surface area (Å²) in [6.45, 7) is 4.40. The van der Waals surface area contributed by atoms with Crippen LogP contribution in [0.25, 0.3) is 11.3 Å². The first kappa shape index (κ1) is 16.0. The van der Waals surface area contributed by atoms with Gasteiger partial charge in [0.25, 0.3) is 0 Å². The number of nitrogens with zero attached hydrogens (tertiary/aromatic N) is 2. The van der Waals surface area contributed by atoms with Gasteiger partial charge in [0.2, 0.25) is 0 Å². The Morgan fingerprint density at radius 3 is 2.38 bits per heavy atom. The van der Waals surface area contributed by atoms with Crippen molar-refractivity contribution in [2.24, 2.45) is 0 Å². The van der Waals surface area contributed by atoms with E-state index in [4.69, 9.17) is 9.47 Å². The molecule has 2 aromatic heterocycles. The lowest BCUT2D eigenvalue weighted by Gasteiger charge is -2.12. The van der Waals surface area contributed by atoms with Gasteiger partial charge in [0.15, 0.2) is 0 Å². The molecule has 0 aliphatic rings. The lowest BCUT2D eigenvalue weighted by molar-refractivity contribution is 0.301. The molecule has 0 aliphatic carbocycles.